The number of carbonyl (C=O) groups is 1. The Morgan fingerprint density at radius 1 is 1.35 bits per heavy atom. The molecule has 6 nitrogen and oxygen atoms in total. The Hall–Kier alpha value is -2.21. The maximum absolute atomic E-state index is 11.0. The number of aliphatic hydroxyl groups is 1. The first-order valence-corrected chi connectivity index (χ1v) is 6.38. The van der Waals surface area contributed by atoms with Crippen LogP contribution in [0.25, 0.3) is 10.9 Å². The topological polar surface area (TPSA) is 95.3 Å². The SMILES string of the molecule is CC(C)C(CO)Nc1ncnc2cc(C(=O)O)ccc12. The number of aromatic nitrogens is 2. The second kappa shape index (κ2) is 5.83. The molecule has 0 bridgehead atoms. The smallest absolute Gasteiger partial charge is 0.335 e. The van der Waals surface area contributed by atoms with Gasteiger partial charge in [0.25, 0.3) is 0 Å². The van der Waals surface area contributed by atoms with E-state index in [1.807, 2.05) is 13.8 Å². The van der Waals surface area contributed by atoms with E-state index in [4.69, 9.17) is 5.11 Å². The molecule has 2 rings (SSSR count). The summed E-state index contributed by atoms with van der Waals surface area (Å²) in [5, 5.41) is 22.2. The number of nitrogens with one attached hydrogen (secondary N) is 1. The fraction of sp³-hybridized carbons (Fsp3) is 0.357. The fourth-order valence-electron chi connectivity index (χ4n) is 1.90. The summed E-state index contributed by atoms with van der Waals surface area (Å²) in [7, 11) is 0. The van der Waals surface area contributed by atoms with Crippen molar-refractivity contribution >= 4 is 22.7 Å². The van der Waals surface area contributed by atoms with Gasteiger partial charge in [-0.25, -0.2) is 14.8 Å². The number of aliphatic hydroxyl groups excluding tert-OH is 1. The second-order valence-corrected chi connectivity index (χ2v) is 4.94. The molecule has 1 aromatic heterocycles. The van der Waals surface area contributed by atoms with Crippen LogP contribution in [0.4, 0.5) is 5.82 Å². The van der Waals surface area contributed by atoms with Crippen molar-refractivity contribution in [1.82, 2.24) is 9.97 Å². The van der Waals surface area contributed by atoms with E-state index in [9.17, 15) is 9.90 Å². The highest BCUT2D eigenvalue weighted by molar-refractivity contribution is 5.96. The van der Waals surface area contributed by atoms with Gasteiger partial charge in [0.15, 0.2) is 0 Å². The molecule has 1 unspecified atom stereocenters. The molecule has 2 aromatic rings. The van der Waals surface area contributed by atoms with Gasteiger partial charge in [0.1, 0.15) is 12.1 Å². The first kappa shape index (κ1) is 14.2. The quantitative estimate of drug-likeness (QED) is 0.769. The summed E-state index contributed by atoms with van der Waals surface area (Å²) >= 11 is 0. The van der Waals surface area contributed by atoms with Gasteiger partial charge in [0, 0.05) is 5.39 Å². The van der Waals surface area contributed by atoms with Crippen molar-refractivity contribution in [2.24, 2.45) is 5.92 Å². The molecular formula is C14H17N3O3. The number of hydrogen-bond acceptors (Lipinski definition) is 5. The second-order valence-electron chi connectivity index (χ2n) is 4.94. The number of hydrogen-bond donors (Lipinski definition) is 3. The summed E-state index contributed by atoms with van der Waals surface area (Å²) in [6, 6.07) is 4.58. The number of nitrogens with zero attached hydrogens (tertiary/aromatic N) is 2. The molecule has 106 valence electrons. The predicted molar refractivity (Wildman–Crippen MR) is 75.8 cm³/mol. The van der Waals surface area contributed by atoms with Crippen LogP contribution in [0.15, 0.2) is 24.5 Å². The van der Waals surface area contributed by atoms with Crippen molar-refractivity contribution in [1.29, 1.82) is 0 Å². The molecule has 1 aromatic carbocycles. The van der Waals surface area contributed by atoms with E-state index in [0.717, 1.165) is 5.39 Å². The number of anilines is 1. The minimum Gasteiger partial charge on any atom is -0.478 e. The van der Waals surface area contributed by atoms with E-state index in [1.54, 1.807) is 6.07 Å². The third-order valence-electron chi connectivity index (χ3n) is 3.21. The molecule has 0 aliphatic rings. The molecule has 20 heavy (non-hydrogen) atoms. The number of fused-ring (bicyclic) bond motifs is 1. The third-order valence-corrected chi connectivity index (χ3v) is 3.21. The minimum atomic E-state index is -0.990. The summed E-state index contributed by atoms with van der Waals surface area (Å²) in [4.78, 5) is 19.2. The van der Waals surface area contributed by atoms with Crippen LogP contribution in [0, 0.1) is 5.92 Å². The Kier molecular flexibility index (Phi) is 4.14. The number of carboxylic acid groups (broad SMARTS) is 1. The highest BCUT2D eigenvalue weighted by Crippen LogP contribution is 2.22. The third kappa shape index (κ3) is 2.85. The Morgan fingerprint density at radius 3 is 2.70 bits per heavy atom. The van der Waals surface area contributed by atoms with Crippen LogP contribution in [-0.4, -0.2) is 38.8 Å². The maximum atomic E-state index is 11.0. The van der Waals surface area contributed by atoms with E-state index >= 15 is 0 Å². The molecule has 0 amide bonds. The van der Waals surface area contributed by atoms with Crippen molar-refractivity contribution < 1.29 is 15.0 Å². The number of benzene rings is 1. The van der Waals surface area contributed by atoms with Gasteiger partial charge in [0.05, 0.1) is 23.7 Å². The molecule has 0 spiro atoms. The van der Waals surface area contributed by atoms with E-state index in [2.05, 4.69) is 15.3 Å². The standard InChI is InChI=1S/C14H17N3O3/c1-8(2)12(6-18)17-13-10-4-3-9(14(19)20)5-11(10)15-7-16-13/h3-5,7-8,12,18H,6H2,1-2H3,(H,19,20)(H,15,16,17). The Balaban J connectivity index is 2.42. The highest BCUT2D eigenvalue weighted by atomic mass is 16.4. The average Bonchev–Trinajstić information content (AvgIpc) is 2.43. The molecule has 0 aliphatic carbocycles. The zero-order valence-corrected chi connectivity index (χ0v) is 11.4. The summed E-state index contributed by atoms with van der Waals surface area (Å²) in [6.45, 7) is 4.00. The molecule has 0 aliphatic heterocycles. The molecule has 0 radical (unpaired) electrons. The molecule has 3 N–H and O–H groups in total. The van der Waals surface area contributed by atoms with Gasteiger partial charge in [-0.1, -0.05) is 13.8 Å². The Bertz CT molecular complexity index is 628. The van der Waals surface area contributed by atoms with Crippen LogP contribution in [-0.2, 0) is 0 Å². The summed E-state index contributed by atoms with van der Waals surface area (Å²) in [5.41, 5.74) is 0.743. The lowest BCUT2D eigenvalue weighted by molar-refractivity contribution is 0.0697. The van der Waals surface area contributed by atoms with E-state index in [1.165, 1.54) is 18.5 Å². The number of rotatable bonds is 5. The van der Waals surface area contributed by atoms with Crippen LogP contribution in [0.2, 0.25) is 0 Å². The summed E-state index contributed by atoms with van der Waals surface area (Å²) in [6.07, 6.45) is 1.38. The lowest BCUT2D eigenvalue weighted by Crippen LogP contribution is -2.30. The monoisotopic (exact) mass is 275 g/mol. The van der Waals surface area contributed by atoms with Crippen LogP contribution in [0.3, 0.4) is 0 Å². The van der Waals surface area contributed by atoms with Gasteiger partial charge in [-0.05, 0) is 24.1 Å². The molecule has 0 saturated heterocycles. The van der Waals surface area contributed by atoms with Crippen molar-refractivity contribution in [3.05, 3.63) is 30.1 Å². The van der Waals surface area contributed by atoms with E-state index in [-0.39, 0.29) is 24.1 Å². The van der Waals surface area contributed by atoms with E-state index < -0.39 is 5.97 Å². The predicted octanol–water partition coefficient (Wildman–Crippen LogP) is 1.76. The highest BCUT2D eigenvalue weighted by Gasteiger charge is 2.15. The van der Waals surface area contributed by atoms with Gasteiger partial charge in [0.2, 0.25) is 0 Å². The lowest BCUT2D eigenvalue weighted by atomic mass is 10.1. The van der Waals surface area contributed by atoms with Crippen molar-refractivity contribution in [3.63, 3.8) is 0 Å². The molecule has 0 fully saturated rings. The van der Waals surface area contributed by atoms with Crippen molar-refractivity contribution in [2.45, 2.75) is 19.9 Å². The number of carboxylic acids is 1. The maximum Gasteiger partial charge on any atom is 0.335 e. The van der Waals surface area contributed by atoms with Gasteiger partial charge < -0.3 is 15.5 Å². The van der Waals surface area contributed by atoms with E-state index in [0.29, 0.717) is 11.3 Å². The molecular weight excluding hydrogens is 258 g/mol. The van der Waals surface area contributed by atoms with Crippen LogP contribution in [0.1, 0.15) is 24.2 Å². The largest absolute Gasteiger partial charge is 0.478 e. The zero-order chi connectivity index (χ0) is 14.7. The molecule has 6 heteroatoms. The fourth-order valence-corrected chi connectivity index (χ4v) is 1.90. The number of aromatic carboxylic acids is 1. The van der Waals surface area contributed by atoms with Crippen molar-refractivity contribution in [2.75, 3.05) is 11.9 Å². The Morgan fingerprint density at radius 2 is 2.10 bits per heavy atom. The van der Waals surface area contributed by atoms with Crippen LogP contribution >= 0.6 is 0 Å². The molecule has 1 atom stereocenters. The van der Waals surface area contributed by atoms with Gasteiger partial charge in [-0.3, -0.25) is 0 Å². The van der Waals surface area contributed by atoms with Crippen molar-refractivity contribution in [3.8, 4) is 0 Å². The molecule has 0 saturated carbocycles. The average molecular weight is 275 g/mol. The van der Waals surface area contributed by atoms with Gasteiger partial charge >= 0.3 is 5.97 Å². The van der Waals surface area contributed by atoms with Crippen LogP contribution < -0.4 is 5.32 Å². The van der Waals surface area contributed by atoms with Gasteiger partial charge in [-0.15, -0.1) is 0 Å². The molecule has 1 heterocycles. The minimum absolute atomic E-state index is 0.00360. The van der Waals surface area contributed by atoms with Crippen LogP contribution in [0.5, 0.6) is 0 Å². The first-order valence-electron chi connectivity index (χ1n) is 6.38. The normalized spacial score (nSPS) is 12.6. The zero-order valence-electron chi connectivity index (χ0n) is 11.4. The van der Waals surface area contributed by atoms with Gasteiger partial charge in [-0.2, -0.15) is 0 Å². The first-order chi connectivity index (χ1) is 9.52. The Labute approximate surface area is 116 Å². The summed E-state index contributed by atoms with van der Waals surface area (Å²) in [5.74, 6) is -0.154. The summed E-state index contributed by atoms with van der Waals surface area (Å²) < 4.78 is 0. The lowest BCUT2D eigenvalue weighted by Gasteiger charge is -2.21.